The molecule has 1 aliphatic heterocycles. The summed E-state index contributed by atoms with van der Waals surface area (Å²) in [6.45, 7) is 3.23. The number of aromatic nitrogens is 3. The predicted octanol–water partition coefficient (Wildman–Crippen LogP) is 2.52. The number of hydrogen-bond donors (Lipinski definition) is 3. The molecule has 0 amide bonds. The van der Waals surface area contributed by atoms with E-state index in [9.17, 15) is 0 Å². The Balaban J connectivity index is 1.67. The average molecular weight is 281 g/mol. The summed E-state index contributed by atoms with van der Waals surface area (Å²) in [5, 5.41) is 9.22. The summed E-state index contributed by atoms with van der Waals surface area (Å²) in [5.74, 6) is 1.66. The molecule has 0 bridgehead atoms. The molecule has 21 heavy (non-hydrogen) atoms. The van der Waals surface area contributed by atoms with Crippen LogP contribution >= 0.6 is 0 Å². The number of hydrogen-bond acceptors (Lipinski definition) is 4. The summed E-state index contributed by atoms with van der Waals surface area (Å²) in [6, 6.07) is 8.29. The number of nitrogens with one attached hydrogen (secondary N) is 3. The predicted molar refractivity (Wildman–Crippen MR) is 85.5 cm³/mol. The minimum atomic E-state index is 0.724. The minimum Gasteiger partial charge on any atom is -0.369 e. The standard InChI is InChI=1S/C16H19N5/c1-2-4-13-12(3-1)14-15(19-10-20-16(14)21-13)18-9-11-5-7-17-8-6-11/h1-4,10-11,17H,5-9H2,(H2,18,19,20,21). The molecule has 3 N–H and O–H groups in total. The van der Waals surface area contributed by atoms with E-state index in [1.54, 1.807) is 6.33 Å². The van der Waals surface area contributed by atoms with Crippen molar-refractivity contribution in [3.63, 3.8) is 0 Å². The second kappa shape index (κ2) is 5.33. The summed E-state index contributed by atoms with van der Waals surface area (Å²) in [7, 11) is 0. The van der Waals surface area contributed by atoms with Crippen molar-refractivity contribution in [2.24, 2.45) is 5.92 Å². The second-order valence-corrected chi connectivity index (χ2v) is 5.69. The van der Waals surface area contributed by atoms with Crippen LogP contribution in [0.15, 0.2) is 30.6 Å². The van der Waals surface area contributed by atoms with Gasteiger partial charge in [-0.1, -0.05) is 18.2 Å². The quantitative estimate of drug-likeness (QED) is 0.690. The molecule has 0 spiro atoms. The Morgan fingerprint density at radius 3 is 2.90 bits per heavy atom. The van der Waals surface area contributed by atoms with Gasteiger partial charge in [0, 0.05) is 17.4 Å². The normalized spacial score (nSPS) is 16.6. The van der Waals surface area contributed by atoms with Gasteiger partial charge in [0.15, 0.2) is 0 Å². The van der Waals surface area contributed by atoms with E-state index in [2.05, 4.69) is 43.8 Å². The van der Waals surface area contributed by atoms with Crippen molar-refractivity contribution >= 4 is 27.8 Å². The zero-order valence-electron chi connectivity index (χ0n) is 11.9. The van der Waals surface area contributed by atoms with Crippen molar-refractivity contribution < 1.29 is 0 Å². The Bertz CT molecular complexity index is 758. The summed E-state index contributed by atoms with van der Waals surface area (Å²) >= 11 is 0. The highest BCUT2D eigenvalue weighted by atomic mass is 15.0. The van der Waals surface area contributed by atoms with Gasteiger partial charge in [-0.25, -0.2) is 9.97 Å². The molecule has 3 aromatic rings. The van der Waals surface area contributed by atoms with E-state index in [-0.39, 0.29) is 0 Å². The lowest BCUT2D eigenvalue weighted by atomic mass is 9.98. The Labute approximate surface area is 123 Å². The van der Waals surface area contributed by atoms with Gasteiger partial charge in [0.2, 0.25) is 0 Å². The van der Waals surface area contributed by atoms with Crippen LogP contribution in [0.25, 0.3) is 21.9 Å². The van der Waals surface area contributed by atoms with E-state index >= 15 is 0 Å². The van der Waals surface area contributed by atoms with E-state index in [1.165, 1.54) is 18.2 Å². The van der Waals surface area contributed by atoms with Gasteiger partial charge >= 0.3 is 0 Å². The first-order valence-electron chi connectivity index (χ1n) is 7.58. The van der Waals surface area contributed by atoms with Crippen LogP contribution in [0.4, 0.5) is 5.82 Å². The molecular formula is C16H19N5. The highest BCUT2D eigenvalue weighted by Gasteiger charge is 2.15. The number of benzene rings is 1. The van der Waals surface area contributed by atoms with Gasteiger partial charge in [0.05, 0.1) is 5.39 Å². The van der Waals surface area contributed by atoms with Gasteiger partial charge in [0.25, 0.3) is 0 Å². The Morgan fingerprint density at radius 1 is 1.14 bits per heavy atom. The number of rotatable bonds is 3. The number of piperidine rings is 1. The van der Waals surface area contributed by atoms with E-state index in [0.29, 0.717) is 0 Å². The molecule has 0 unspecified atom stereocenters. The maximum atomic E-state index is 4.46. The Hall–Kier alpha value is -2.14. The van der Waals surface area contributed by atoms with Crippen molar-refractivity contribution in [2.45, 2.75) is 12.8 Å². The largest absolute Gasteiger partial charge is 0.369 e. The fourth-order valence-corrected chi connectivity index (χ4v) is 3.13. The molecule has 3 heterocycles. The first-order chi connectivity index (χ1) is 10.4. The lowest BCUT2D eigenvalue weighted by Crippen LogP contribution is -2.31. The molecule has 0 saturated carbocycles. The van der Waals surface area contributed by atoms with Crippen LogP contribution < -0.4 is 10.6 Å². The van der Waals surface area contributed by atoms with E-state index in [0.717, 1.165) is 47.9 Å². The highest BCUT2D eigenvalue weighted by molar-refractivity contribution is 6.10. The van der Waals surface area contributed by atoms with Crippen molar-refractivity contribution in [2.75, 3.05) is 25.0 Å². The lowest BCUT2D eigenvalue weighted by molar-refractivity contribution is 0.389. The smallest absolute Gasteiger partial charge is 0.143 e. The molecule has 4 rings (SSSR count). The topological polar surface area (TPSA) is 65.6 Å². The summed E-state index contributed by atoms with van der Waals surface area (Å²) in [5.41, 5.74) is 2.01. The van der Waals surface area contributed by atoms with Crippen LogP contribution in [0.3, 0.4) is 0 Å². The minimum absolute atomic E-state index is 0.724. The van der Waals surface area contributed by atoms with Crippen LogP contribution in [0, 0.1) is 5.92 Å². The molecule has 1 saturated heterocycles. The number of fused-ring (bicyclic) bond motifs is 3. The monoisotopic (exact) mass is 281 g/mol. The van der Waals surface area contributed by atoms with Crippen LogP contribution in [0.5, 0.6) is 0 Å². The number of H-pyrrole nitrogens is 1. The molecule has 5 heteroatoms. The van der Waals surface area contributed by atoms with Gasteiger partial charge in [-0.2, -0.15) is 0 Å². The number of para-hydroxylation sites is 1. The van der Waals surface area contributed by atoms with Gasteiger partial charge < -0.3 is 15.6 Å². The Kier molecular flexibility index (Phi) is 3.20. The van der Waals surface area contributed by atoms with Crippen LogP contribution in [-0.4, -0.2) is 34.6 Å². The molecule has 108 valence electrons. The van der Waals surface area contributed by atoms with Crippen molar-refractivity contribution in [3.05, 3.63) is 30.6 Å². The first kappa shape index (κ1) is 12.6. The molecule has 1 fully saturated rings. The summed E-state index contributed by atoms with van der Waals surface area (Å²) < 4.78 is 0. The first-order valence-corrected chi connectivity index (χ1v) is 7.58. The van der Waals surface area contributed by atoms with Gasteiger partial charge in [-0.15, -0.1) is 0 Å². The third-order valence-corrected chi connectivity index (χ3v) is 4.31. The molecule has 2 aromatic heterocycles. The van der Waals surface area contributed by atoms with Gasteiger partial charge in [-0.05, 0) is 37.9 Å². The molecular weight excluding hydrogens is 262 g/mol. The molecule has 1 aromatic carbocycles. The van der Waals surface area contributed by atoms with Crippen molar-refractivity contribution in [1.82, 2.24) is 20.3 Å². The maximum absolute atomic E-state index is 4.46. The average Bonchev–Trinajstić information content (AvgIpc) is 2.93. The van der Waals surface area contributed by atoms with Crippen molar-refractivity contribution in [3.8, 4) is 0 Å². The molecule has 0 atom stereocenters. The molecule has 0 aliphatic carbocycles. The number of nitrogens with zero attached hydrogens (tertiary/aromatic N) is 2. The molecule has 1 aliphatic rings. The molecule has 5 nitrogen and oxygen atoms in total. The zero-order valence-corrected chi connectivity index (χ0v) is 11.9. The maximum Gasteiger partial charge on any atom is 0.143 e. The van der Waals surface area contributed by atoms with Crippen molar-refractivity contribution in [1.29, 1.82) is 0 Å². The van der Waals surface area contributed by atoms with Gasteiger partial charge in [0.1, 0.15) is 17.8 Å². The van der Waals surface area contributed by atoms with Crippen LogP contribution in [0.1, 0.15) is 12.8 Å². The van der Waals surface area contributed by atoms with E-state index in [4.69, 9.17) is 0 Å². The van der Waals surface area contributed by atoms with E-state index < -0.39 is 0 Å². The lowest BCUT2D eigenvalue weighted by Gasteiger charge is -2.23. The fourth-order valence-electron chi connectivity index (χ4n) is 3.13. The fraction of sp³-hybridized carbons (Fsp3) is 0.375. The number of aromatic amines is 1. The Morgan fingerprint density at radius 2 is 2.00 bits per heavy atom. The SMILES string of the molecule is c1ccc2c(c1)[nH]c1ncnc(NCC3CCNCC3)c12. The van der Waals surface area contributed by atoms with E-state index in [1.807, 2.05) is 6.07 Å². The third kappa shape index (κ3) is 2.34. The summed E-state index contributed by atoms with van der Waals surface area (Å²) in [4.78, 5) is 12.2. The third-order valence-electron chi connectivity index (χ3n) is 4.31. The second-order valence-electron chi connectivity index (χ2n) is 5.69. The highest BCUT2D eigenvalue weighted by Crippen LogP contribution is 2.28. The van der Waals surface area contributed by atoms with Gasteiger partial charge in [-0.3, -0.25) is 0 Å². The van der Waals surface area contributed by atoms with Crippen LogP contribution in [0.2, 0.25) is 0 Å². The van der Waals surface area contributed by atoms with Crippen LogP contribution in [-0.2, 0) is 0 Å². The zero-order chi connectivity index (χ0) is 14.1. The number of anilines is 1. The summed E-state index contributed by atoms with van der Waals surface area (Å²) in [6.07, 6.45) is 4.09. The molecule has 0 radical (unpaired) electrons.